The predicted octanol–water partition coefficient (Wildman–Crippen LogP) is 2.37. The van der Waals surface area contributed by atoms with E-state index in [1.54, 1.807) is 12.3 Å². The van der Waals surface area contributed by atoms with Crippen LogP contribution in [0.3, 0.4) is 0 Å². The number of carbonyl (C=O) groups excluding carboxylic acids is 2. The average molecular weight is 406 g/mol. The monoisotopic (exact) mass is 405 g/mol. The summed E-state index contributed by atoms with van der Waals surface area (Å²) in [5.41, 5.74) is 1.27. The summed E-state index contributed by atoms with van der Waals surface area (Å²) in [4.78, 5) is 33.4. The first-order valence-corrected chi connectivity index (χ1v) is 9.22. The maximum Gasteiger partial charge on any atom is 0.315 e. The quantitative estimate of drug-likeness (QED) is 0.621. The largest absolute Gasteiger partial charge is 0.341 e. The molecular weight excluding hydrogens is 393 g/mol. The van der Waals surface area contributed by atoms with Crippen LogP contribution in [0.1, 0.15) is 16.6 Å². The van der Waals surface area contributed by atoms with E-state index >= 15 is 0 Å². The molecule has 4 rings (SSSR count). The number of pyridine rings is 1. The van der Waals surface area contributed by atoms with Crippen molar-refractivity contribution in [1.29, 1.82) is 0 Å². The minimum Gasteiger partial charge on any atom is -0.341 e. The Morgan fingerprint density at radius 1 is 1.41 bits per heavy atom. The molecule has 2 aromatic heterocycles. The predicted molar refractivity (Wildman–Crippen MR) is 99.1 cm³/mol. The first-order valence-electron chi connectivity index (χ1n) is 8.02. The topological polar surface area (TPSA) is 96.0 Å². The van der Waals surface area contributed by atoms with Gasteiger partial charge in [0.15, 0.2) is 0 Å². The molecule has 1 aliphatic heterocycles. The van der Waals surface area contributed by atoms with Gasteiger partial charge in [0.1, 0.15) is 33.3 Å². The molecule has 3 heterocycles. The second-order valence-electron chi connectivity index (χ2n) is 5.90. The number of nitrogens with one attached hydrogen (secondary N) is 3. The number of benzene rings is 1. The lowest BCUT2D eigenvalue weighted by atomic mass is 10.1. The van der Waals surface area contributed by atoms with Crippen LogP contribution in [0, 0.1) is 5.82 Å². The summed E-state index contributed by atoms with van der Waals surface area (Å²) in [5.74, 6) is -0.935. The van der Waals surface area contributed by atoms with Crippen LogP contribution in [0.2, 0.25) is 5.02 Å². The zero-order valence-corrected chi connectivity index (χ0v) is 15.3. The van der Waals surface area contributed by atoms with Crippen LogP contribution in [-0.4, -0.2) is 34.5 Å². The van der Waals surface area contributed by atoms with Crippen LogP contribution >= 0.6 is 22.9 Å². The lowest BCUT2D eigenvalue weighted by molar-refractivity contribution is -0.122. The molecule has 138 valence electrons. The number of hydrogen-bond acceptors (Lipinski definition) is 5. The summed E-state index contributed by atoms with van der Waals surface area (Å²) in [7, 11) is 0. The van der Waals surface area contributed by atoms with Gasteiger partial charge in [-0.25, -0.2) is 19.2 Å². The lowest BCUT2D eigenvalue weighted by Crippen LogP contribution is -2.44. The SMILES string of the molecule is O=C1NCC(C(=O)NC(c2ccc(F)c(Cl)c2)c2nc3cccnc3s2)N1. The summed E-state index contributed by atoms with van der Waals surface area (Å²) in [6, 6.07) is 6.05. The van der Waals surface area contributed by atoms with Crippen LogP contribution in [0.15, 0.2) is 36.5 Å². The number of rotatable bonds is 4. The molecule has 1 aliphatic rings. The molecular formula is C17H13ClFN5O2S. The summed E-state index contributed by atoms with van der Waals surface area (Å²) in [6.45, 7) is 0.183. The highest BCUT2D eigenvalue weighted by Gasteiger charge is 2.30. The smallest absolute Gasteiger partial charge is 0.315 e. The molecule has 7 nitrogen and oxygen atoms in total. The zero-order valence-electron chi connectivity index (χ0n) is 13.7. The van der Waals surface area contributed by atoms with Gasteiger partial charge < -0.3 is 16.0 Å². The average Bonchev–Trinajstić information content (AvgIpc) is 3.28. The van der Waals surface area contributed by atoms with Gasteiger partial charge >= 0.3 is 6.03 Å². The van der Waals surface area contributed by atoms with Gasteiger partial charge in [0.2, 0.25) is 5.91 Å². The third kappa shape index (κ3) is 3.56. The number of amides is 3. The molecule has 27 heavy (non-hydrogen) atoms. The van der Waals surface area contributed by atoms with Crippen LogP contribution in [0.5, 0.6) is 0 Å². The number of fused-ring (bicyclic) bond motifs is 1. The van der Waals surface area contributed by atoms with Crippen LogP contribution in [0.25, 0.3) is 10.3 Å². The molecule has 0 bridgehead atoms. The Morgan fingerprint density at radius 3 is 2.96 bits per heavy atom. The lowest BCUT2D eigenvalue weighted by Gasteiger charge is -2.19. The van der Waals surface area contributed by atoms with Gasteiger partial charge in [-0.1, -0.05) is 29.0 Å². The van der Waals surface area contributed by atoms with Crippen molar-refractivity contribution in [2.75, 3.05) is 6.54 Å². The highest BCUT2D eigenvalue weighted by molar-refractivity contribution is 7.18. The van der Waals surface area contributed by atoms with Crippen LogP contribution in [-0.2, 0) is 4.79 Å². The van der Waals surface area contributed by atoms with Crippen molar-refractivity contribution in [3.63, 3.8) is 0 Å². The van der Waals surface area contributed by atoms with E-state index in [9.17, 15) is 14.0 Å². The fourth-order valence-corrected chi connectivity index (χ4v) is 3.92. The third-order valence-corrected chi connectivity index (χ3v) is 5.42. The van der Waals surface area contributed by atoms with Crippen molar-refractivity contribution in [3.05, 3.63) is 57.9 Å². The Labute approximate surface area is 162 Å². The minimum atomic E-state index is -0.705. The molecule has 3 aromatic rings. The molecule has 0 saturated carbocycles. The molecule has 1 saturated heterocycles. The molecule has 2 atom stereocenters. The fraction of sp³-hybridized carbons (Fsp3) is 0.176. The van der Waals surface area contributed by atoms with Crippen molar-refractivity contribution in [1.82, 2.24) is 25.9 Å². The molecule has 3 N–H and O–H groups in total. The second-order valence-corrected chi connectivity index (χ2v) is 7.32. The van der Waals surface area contributed by atoms with Gasteiger partial charge in [-0.2, -0.15) is 0 Å². The van der Waals surface area contributed by atoms with Gasteiger partial charge in [0.25, 0.3) is 0 Å². The number of aromatic nitrogens is 2. The van der Waals surface area contributed by atoms with E-state index in [2.05, 4.69) is 25.9 Å². The molecule has 10 heteroatoms. The Kier molecular flexibility index (Phi) is 4.63. The summed E-state index contributed by atoms with van der Waals surface area (Å²) < 4.78 is 13.6. The summed E-state index contributed by atoms with van der Waals surface area (Å²) >= 11 is 7.24. The number of thiazole rings is 1. The molecule has 0 aliphatic carbocycles. The van der Waals surface area contributed by atoms with Gasteiger partial charge in [-0.3, -0.25) is 4.79 Å². The number of halogens is 2. The van der Waals surface area contributed by atoms with Crippen LogP contribution < -0.4 is 16.0 Å². The fourth-order valence-electron chi connectivity index (χ4n) is 2.75. The van der Waals surface area contributed by atoms with E-state index < -0.39 is 23.9 Å². The van der Waals surface area contributed by atoms with E-state index in [0.717, 1.165) is 4.83 Å². The number of urea groups is 1. The van der Waals surface area contributed by atoms with Gasteiger partial charge in [-0.15, -0.1) is 0 Å². The Bertz CT molecular complexity index is 1010. The maximum absolute atomic E-state index is 13.6. The molecule has 3 amide bonds. The first kappa shape index (κ1) is 17.6. The van der Waals surface area contributed by atoms with Crippen molar-refractivity contribution in [2.24, 2.45) is 0 Å². The van der Waals surface area contributed by atoms with E-state index in [1.807, 2.05) is 6.07 Å². The van der Waals surface area contributed by atoms with E-state index in [-0.39, 0.29) is 17.5 Å². The first-order chi connectivity index (χ1) is 13.0. The van der Waals surface area contributed by atoms with E-state index in [1.165, 1.54) is 29.5 Å². The highest BCUT2D eigenvalue weighted by Crippen LogP contribution is 2.31. The van der Waals surface area contributed by atoms with Crippen molar-refractivity contribution >= 4 is 45.2 Å². The molecule has 1 aromatic carbocycles. The van der Waals surface area contributed by atoms with Gasteiger partial charge in [0.05, 0.1) is 5.02 Å². The van der Waals surface area contributed by atoms with Crippen molar-refractivity contribution < 1.29 is 14.0 Å². The number of hydrogen-bond donors (Lipinski definition) is 3. The van der Waals surface area contributed by atoms with E-state index in [4.69, 9.17) is 11.6 Å². The Hall–Kier alpha value is -2.78. The summed E-state index contributed by atoms with van der Waals surface area (Å²) in [6.07, 6.45) is 1.66. The molecule has 1 fully saturated rings. The number of carbonyl (C=O) groups is 2. The zero-order chi connectivity index (χ0) is 19.0. The number of nitrogens with zero attached hydrogens (tertiary/aromatic N) is 2. The maximum atomic E-state index is 13.6. The van der Waals surface area contributed by atoms with Gasteiger partial charge in [-0.05, 0) is 29.8 Å². The normalized spacial score (nSPS) is 17.4. The van der Waals surface area contributed by atoms with E-state index in [0.29, 0.717) is 16.1 Å². The van der Waals surface area contributed by atoms with Gasteiger partial charge in [0, 0.05) is 12.7 Å². The molecule has 2 unspecified atom stereocenters. The van der Waals surface area contributed by atoms with Crippen LogP contribution in [0.4, 0.5) is 9.18 Å². The standard InChI is InChI=1S/C17H13ClFN5O2S/c18-9-6-8(3-4-10(9)19)13(24-14(25)12-7-21-17(26)23-12)16-22-11-2-1-5-20-15(11)27-16/h1-6,12-13H,7H2,(H,24,25)(H2,21,23,26). The molecule has 0 radical (unpaired) electrons. The minimum absolute atomic E-state index is 0.0539. The molecule has 0 spiro atoms. The Morgan fingerprint density at radius 2 is 2.26 bits per heavy atom. The second kappa shape index (κ2) is 7.09. The van der Waals surface area contributed by atoms with Crippen molar-refractivity contribution in [3.8, 4) is 0 Å². The Balaban J connectivity index is 1.71. The van der Waals surface area contributed by atoms with Crippen molar-refractivity contribution in [2.45, 2.75) is 12.1 Å². The third-order valence-electron chi connectivity index (χ3n) is 4.08. The summed E-state index contributed by atoms with van der Waals surface area (Å²) in [5, 5.41) is 8.46. The highest BCUT2D eigenvalue weighted by atomic mass is 35.5.